The molecule has 0 bridgehead atoms. The number of alkyl halides is 3. The second-order valence-electron chi connectivity index (χ2n) is 2.60. The quantitative estimate of drug-likeness (QED) is 0.699. The van der Waals surface area contributed by atoms with E-state index in [1.54, 1.807) is 22.6 Å². The van der Waals surface area contributed by atoms with Crippen molar-refractivity contribution in [2.45, 2.75) is 6.18 Å². The molecule has 14 heavy (non-hydrogen) atoms. The summed E-state index contributed by atoms with van der Waals surface area (Å²) in [6.45, 7) is 0. The molecule has 0 aliphatic carbocycles. The Morgan fingerprint density at radius 3 is 2.71 bits per heavy atom. The molecule has 74 valence electrons. The maximum atomic E-state index is 12.3. The minimum Gasteiger partial charge on any atom is -0.219 e. The minimum absolute atomic E-state index is 0.426. The highest BCUT2D eigenvalue weighted by molar-refractivity contribution is 14.1. The monoisotopic (exact) mass is 313 g/mol. The Bertz CT molecular complexity index is 476. The van der Waals surface area contributed by atoms with Gasteiger partial charge in [-0.05, 0) is 28.7 Å². The third kappa shape index (κ3) is 1.56. The molecule has 0 fully saturated rings. The van der Waals surface area contributed by atoms with Crippen molar-refractivity contribution in [3.05, 3.63) is 27.7 Å². The summed E-state index contributed by atoms with van der Waals surface area (Å²) in [4.78, 5) is 3.82. The van der Waals surface area contributed by atoms with Crippen LogP contribution >= 0.6 is 22.6 Å². The Kier molecular flexibility index (Phi) is 2.13. The van der Waals surface area contributed by atoms with Crippen molar-refractivity contribution in [1.82, 2.24) is 14.6 Å². The lowest BCUT2D eigenvalue weighted by atomic mass is 10.3. The van der Waals surface area contributed by atoms with Crippen molar-refractivity contribution in [2.24, 2.45) is 0 Å². The van der Waals surface area contributed by atoms with E-state index in [2.05, 4.69) is 10.1 Å². The second kappa shape index (κ2) is 3.07. The summed E-state index contributed by atoms with van der Waals surface area (Å²) in [5, 5.41) is 3.65. The molecule has 3 nitrogen and oxygen atoms in total. The zero-order valence-electron chi connectivity index (χ0n) is 6.59. The van der Waals surface area contributed by atoms with E-state index in [1.165, 1.54) is 6.33 Å². The number of hydrogen-bond donors (Lipinski definition) is 0. The molecule has 7 heteroatoms. The summed E-state index contributed by atoms with van der Waals surface area (Å²) in [7, 11) is 0. The van der Waals surface area contributed by atoms with Gasteiger partial charge in [0.2, 0.25) is 0 Å². The maximum absolute atomic E-state index is 12.3. The van der Waals surface area contributed by atoms with Gasteiger partial charge in [-0.15, -0.1) is 0 Å². The van der Waals surface area contributed by atoms with Crippen LogP contribution in [0.15, 0.2) is 18.6 Å². The van der Waals surface area contributed by atoms with E-state index in [0.29, 0.717) is 9.22 Å². The smallest absolute Gasteiger partial charge is 0.219 e. The molecule has 0 aromatic carbocycles. The molecule has 0 N–H and O–H groups in total. The number of halogens is 4. The molecule has 0 saturated carbocycles. The Morgan fingerprint density at radius 2 is 2.07 bits per heavy atom. The van der Waals surface area contributed by atoms with Gasteiger partial charge in [0, 0.05) is 6.20 Å². The van der Waals surface area contributed by atoms with Gasteiger partial charge < -0.3 is 0 Å². The highest BCUT2D eigenvalue weighted by atomic mass is 127. The number of hydrogen-bond acceptors (Lipinski definition) is 2. The van der Waals surface area contributed by atoms with Gasteiger partial charge in [-0.1, -0.05) is 0 Å². The van der Waals surface area contributed by atoms with Crippen LogP contribution in [-0.4, -0.2) is 14.6 Å². The Labute approximate surface area is 90.1 Å². The summed E-state index contributed by atoms with van der Waals surface area (Å²) in [6, 6.07) is 1.05. The molecular formula is C7H3F3IN3. The number of fused-ring (bicyclic) bond motifs is 1. The normalized spacial score (nSPS) is 12.3. The zero-order valence-corrected chi connectivity index (χ0v) is 8.74. The molecule has 0 aliphatic rings. The molecular weight excluding hydrogens is 310 g/mol. The van der Waals surface area contributed by atoms with Crippen LogP contribution in [-0.2, 0) is 6.18 Å². The molecule has 2 heterocycles. The SMILES string of the molecule is FC(F)(F)c1cc(I)c2ncnn2c1. The van der Waals surface area contributed by atoms with Crippen LogP contribution in [0.25, 0.3) is 5.65 Å². The van der Waals surface area contributed by atoms with E-state index in [4.69, 9.17) is 0 Å². The first kappa shape index (κ1) is 9.69. The van der Waals surface area contributed by atoms with Gasteiger partial charge in [0.05, 0.1) is 9.13 Å². The van der Waals surface area contributed by atoms with E-state index in [0.717, 1.165) is 16.8 Å². The Hall–Kier alpha value is -0.860. The second-order valence-corrected chi connectivity index (χ2v) is 3.76. The third-order valence-electron chi connectivity index (χ3n) is 1.66. The number of pyridine rings is 1. The van der Waals surface area contributed by atoms with Crippen LogP contribution in [0.5, 0.6) is 0 Å². The van der Waals surface area contributed by atoms with Gasteiger partial charge in [-0.25, -0.2) is 9.50 Å². The molecule has 0 amide bonds. The molecule has 2 aromatic rings. The van der Waals surface area contributed by atoms with E-state index in [-0.39, 0.29) is 0 Å². The van der Waals surface area contributed by atoms with Crippen LogP contribution in [0.3, 0.4) is 0 Å². The van der Waals surface area contributed by atoms with Gasteiger partial charge in [0.1, 0.15) is 6.33 Å². The summed E-state index contributed by atoms with van der Waals surface area (Å²) < 4.78 is 38.6. The van der Waals surface area contributed by atoms with Gasteiger partial charge >= 0.3 is 6.18 Å². The van der Waals surface area contributed by atoms with Gasteiger partial charge in [-0.3, -0.25) is 0 Å². The van der Waals surface area contributed by atoms with E-state index < -0.39 is 11.7 Å². The van der Waals surface area contributed by atoms with Gasteiger partial charge in [0.15, 0.2) is 5.65 Å². The van der Waals surface area contributed by atoms with Gasteiger partial charge in [-0.2, -0.15) is 18.3 Å². The van der Waals surface area contributed by atoms with E-state index >= 15 is 0 Å². The van der Waals surface area contributed by atoms with Crippen molar-refractivity contribution in [3.8, 4) is 0 Å². The Morgan fingerprint density at radius 1 is 1.36 bits per heavy atom. The fraction of sp³-hybridized carbons (Fsp3) is 0.143. The van der Waals surface area contributed by atoms with Crippen LogP contribution in [0.4, 0.5) is 13.2 Å². The fourth-order valence-electron chi connectivity index (χ4n) is 1.04. The predicted molar refractivity (Wildman–Crippen MR) is 50.7 cm³/mol. The van der Waals surface area contributed by atoms with Crippen molar-refractivity contribution < 1.29 is 13.2 Å². The van der Waals surface area contributed by atoms with Crippen molar-refractivity contribution in [1.29, 1.82) is 0 Å². The summed E-state index contributed by atoms with van der Waals surface area (Å²) in [5.41, 5.74) is -0.293. The van der Waals surface area contributed by atoms with Gasteiger partial charge in [0.25, 0.3) is 0 Å². The lowest BCUT2D eigenvalue weighted by Gasteiger charge is -2.06. The first-order chi connectivity index (χ1) is 6.48. The molecule has 0 radical (unpaired) electrons. The number of rotatable bonds is 0. The number of nitrogens with zero attached hydrogens (tertiary/aromatic N) is 3. The largest absolute Gasteiger partial charge is 0.417 e. The van der Waals surface area contributed by atoms with Crippen LogP contribution in [0.2, 0.25) is 0 Å². The lowest BCUT2D eigenvalue weighted by Crippen LogP contribution is -2.07. The average molecular weight is 313 g/mol. The molecule has 0 atom stereocenters. The van der Waals surface area contributed by atoms with E-state index in [1.807, 2.05) is 0 Å². The third-order valence-corrected chi connectivity index (χ3v) is 2.45. The minimum atomic E-state index is -4.35. The molecule has 2 rings (SSSR count). The fourth-order valence-corrected chi connectivity index (χ4v) is 1.76. The van der Waals surface area contributed by atoms with Crippen LogP contribution < -0.4 is 0 Å². The summed E-state index contributed by atoms with van der Waals surface area (Å²) in [6.07, 6.45) is -2.21. The summed E-state index contributed by atoms with van der Waals surface area (Å²) in [5.74, 6) is 0. The topological polar surface area (TPSA) is 30.2 Å². The van der Waals surface area contributed by atoms with Crippen LogP contribution in [0, 0.1) is 3.57 Å². The highest BCUT2D eigenvalue weighted by Gasteiger charge is 2.31. The van der Waals surface area contributed by atoms with Crippen molar-refractivity contribution in [3.63, 3.8) is 0 Å². The summed E-state index contributed by atoms with van der Waals surface area (Å²) >= 11 is 1.80. The molecule has 0 unspecified atom stereocenters. The first-order valence-corrected chi connectivity index (χ1v) is 4.62. The van der Waals surface area contributed by atoms with Crippen molar-refractivity contribution in [2.75, 3.05) is 0 Å². The molecule has 2 aromatic heterocycles. The Balaban J connectivity index is 2.70. The van der Waals surface area contributed by atoms with Crippen LogP contribution in [0.1, 0.15) is 5.56 Å². The zero-order chi connectivity index (χ0) is 10.3. The maximum Gasteiger partial charge on any atom is 0.417 e. The predicted octanol–water partition coefficient (Wildman–Crippen LogP) is 2.35. The number of aromatic nitrogens is 3. The first-order valence-electron chi connectivity index (χ1n) is 3.54. The average Bonchev–Trinajstić information content (AvgIpc) is 2.50. The van der Waals surface area contributed by atoms with Crippen molar-refractivity contribution >= 4 is 28.2 Å². The highest BCUT2D eigenvalue weighted by Crippen LogP contribution is 2.30. The molecule has 0 saturated heterocycles. The molecule has 0 aliphatic heterocycles. The standard InChI is InChI=1S/C7H3F3IN3/c8-7(9,10)4-1-5(11)6-12-3-13-14(6)2-4/h1-3H. The van der Waals surface area contributed by atoms with E-state index in [9.17, 15) is 13.2 Å². The lowest BCUT2D eigenvalue weighted by molar-refractivity contribution is -0.138. The molecule has 0 spiro atoms.